The summed E-state index contributed by atoms with van der Waals surface area (Å²) in [5.74, 6) is -0.571. The smallest absolute Gasteiger partial charge is 0.325 e. The lowest BCUT2D eigenvalue weighted by Crippen LogP contribution is -2.32. The molecule has 0 bridgehead atoms. The Hall–Kier alpha value is -2.12. The van der Waals surface area contributed by atoms with E-state index in [1.54, 1.807) is 24.3 Å². The number of aliphatic hydroxyl groups excluding tert-OH is 1. The third kappa shape index (κ3) is 4.69. The number of hydrogen-bond donors (Lipinski definition) is 3. The Morgan fingerprint density at radius 2 is 2.08 bits per heavy atom. The molecule has 8 heteroatoms. The first-order valence-corrected chi connectivity index (χ1v) is 8.13. The minimum absolute atomic E-state index is 0.00839. The van der Waals surface area contributed by atoms with Gasteiger partial charge in [-0.3, -0.25) is 14.5 Å². The number of nitrogens with zero attached hydrogens (tertiary/aromatic N) is 1. The third-order valence-electron chi connectivity index (χ3n) is 3.71. The Kier molecular flexibility index (Phi) is 6.57. The molecule has 24 heavy (non-hydrogen) atoms. The first-order chi connectivity index (χ1) is 11.5. The molecule has 1 aromatic rings. The number of rotatable bonds is 8. The fourth-order valence-electron chi connectivity index (χ4n) is 2.39. The molecule has 130 valence electrons. The van der Waals surface area contributed by atoms with Crippen LogP contribution in [0, 0.1) is 0 Å². The molecule has 1 aliphatic heterocycles. The summed E-state index contributed by atoms with van der Waals surface area (Å²) in [4.78, 5) is 37.1. The molecule has 1 heterocycles. The van der Waals surface area contributed by atoms with Gasteiger partial charge < -0.3 is 15.7 Å². The number of hydrogen-bond acceptors (Lipinski definition) is 4. The standard InChI is InChI=1S/C16H20ClN3O4/c17-12-5-2-1-4-11(12)10-20-15(23)13(19-16(20)24)6-7-14(22)18-8-3-9-21/h1-2,4-5,13,21H,3,6-10H2,(H,18,22)(H,19,24)/t13-/m1/s1. The van der Waals surface area contributed by atoms with E-state index in [-0.39, 0.29) is 37.8 Å². The topological polar surface area (TPSA) is 98.7 Å². The quantitative estimate of drug-likeness (QED) is 0.480. The molecule has 1 aromatic carbocycles. The predicted octanol–water partition coefficient (Wildman–Crippen LogP) is 1.04. The van der Waals surface area contributed by atoms with Gasteiger partial charge in [0.1, 0.15) is 6.04 Å². The number of imide groups is 1. The fraction of sp³-hybridized carbons (Fsp3) is 0.438. The van der Waals surface area contributed by atoms with Crippen LogP contribution in [0.5, 0.6) is 0 Å². The Labute approximate surface area is 145 Å². The van der Waals surface area contributed by atoms with E-state index in [1.165, 1.54) is 0 Å². The van der Waals surface area contributed by atoms with Gasteiger partial charge in [0.25, 0.3) is 5.91 Å². The Bertz CT molecular complexity index is 623. The summed E-state index contributed by atoms with van der Waals surface area (Å²) in [6, 6.07) is 5.83. The van der Waals surface area contributed by atoms with Crippen LogP contribution >= 0.6 is 11.6 Å². The molecule has 1 aliphatic rings. The molecular formula is C16H20ClN3O4. The van der Waals surface area contributed by atoms with E-state index in [9.17, 15) is 14.4 Å². The van der Waals surface area contributed by atoms with Gasteiger partial charge in [-0.25, -0.2) is 4.79 Å². The normalized spacial score (nSPS) is 17.1. The lowest BCUT2D eigenvalue weighted by molar-refractivity contribution is -0.128. The average molecular weight is 354 g/mol. The first kappa shape index (κ1) is 18.2. The van der Waals surface area contributed by atoms with Crippen molar-refractivity contribution in [3.8, 4) is 0 Å². The van der Waals surface area contributed by atoms with Gasteiger partial charge in [-0.1, -0.05) is 29.8 Å². The van der Waals surface area contributed by atoms with Gasteiger partial charge in [0, 0.05) is 24.6 Å². The predicted molar refractivity (Wildman–Crippen MR) is 88.3 cm³/mol. The SMILES string of the molecule is O=C(CC[C@H]1NC(=O)N(Cc2ccccc2Cl)C1=O)NCCCO. The maximum atomic E-state index is 12.3. The van der Waals surface area contributed by atoms with E-state index < -0.39 is 12.1 Å². The van der Waals surface area contributed by atoms with Crippen LogP contribution < -0.4 is 10.6 Å². The molecular weight excluding hydrogens is 334 g/mol. The van der Waals surface area contributed by atoms with Crippen LogP contribution in [0.15, 0.2) is 24.3 Å². The minimum atomic E-state index is -0.705. The maximum Gasteiger partial charge on any atom is 0.325 e. The van der Waals surface area contributed by atoms with Gasteiger partial charge in [-0.15, -0.1) is 0 Å². The van der Waals surface area contributed by atoms with Crippen LogP contribution in [-0.4, -0.2) is 47.0 Å². The van der Waals surface area contributed by atoms with Gasteiger partial charge in [0.05, 0.1) is 6.54 Å². The molecule has 1 fully saturated rings. The minimum Gasteiger partial charge on any atom is -0.396 e. The Morgan fingerprint density at radius 3 is 2.79 bits per heavy atom. The molecule has 7 nitrogen and oxygen atoms in total. The highest BCUT2D eigenvalue weighted by molar-refractivity contribution is 6.31. The van der Waals surface area contributed by atoms with Crippen LogP contribution in [0.25, 0.3) is 0 Å². The molecule has 0 aliphatic carbocycles. The fourth-order valence-corrected chi connectivity index (χ4v) is 2.59. The highest BCUT2D eigenvalue weighted by Gasteiger charge is 2.37. The van der Waals surface area contributed by atoms with E-state index in [2.05, 4.69) is 10.6 Å². The Balaban J connectivity index is 1.87. The molecule has 0 radical (unpaired) electrons. The van der Waals surface area contributed by atoms with Crippen molar-refractivity contribution in [2.75, 3.05) is 13.2 Å². The highest BCUT2D eigenvalue weighted by Crippen LogP contribution is 2.20. The molecule has 0 aromatic heterocycles. The zero-order valence-electron chi connectivity index (χ0n) is 13.1. The van der Waals surface area contributed by atoms with Gasteiger partial charge in [0.2, 0.25) is 5.91 Å². The lowest BCUT2D eigenvalue weighted by Gasteiger charge is -2.14. The average Bonchev–Trinajstić information content (AvgIpc) is 2.83. The van der Waals surface area contributed by atoms with Crippen LogP contribution in [-0.2, 0) is 16.1 Å². The van der Waals surface area contributed by atoms with Crippen LogP contribution in [0.2, 0.25) is 5.02 Å². The van der Waals surface area contributed by atoms with E-state index in [0.717, 1.165) is 4.90 Å². The monoisotopic (exact) mass is 353 g/mol. The van der Waals surface area contributed by atoms with Gasteiger partial charge in [-0.05, 0) is 24.5 Å². The van der Waals surface area contributed by atoms with Crippen molar-refractivity contribution in [3.63, 3.8) is 0 Å². The second-order valence-electron chi connectivity index (χ2n) is 5.48. The third-order valence-corrected chi connectivity index (χ3v) is 4.08. The molecule has 0 spiro atoms. The van der Waals surface area contributed by atoms with Gasteiger partial charge >= 0.3 is 6.03 Å². The molecule has 1 saturated heterocycles. The van der Waals surface area contributed by atoms with Crippen LogP contribution in [0.4, 0.5) is 4.79 Å². The van der Waals surface area contributed by atoms with E-state index >= 15 is 0 Å². The molecule has 2 rings (SSSR count). The molecule has 1 atom stereocenters. The van der Waals surface area contributed by atoms with Crippen molar-refractivity contribution in [3.05, 3.63) is 34.9 Å². The van der Waals surface area contributed by atoms with E-state index in [1.807, 2.05) is 0 Å². The molecule has 3 N–H and O–H groups in total. The van der Waals surface area contributed by atoms with Crippen molar-refractivity contribution >= 4 is 29.4 Å². The number of halogens is 1. The second kappa shape index (κ2) is 8.65. The molecule has 0 unspecified atom stereocenters. The summed E-state index contributed by atoms with van der Waals surface area (Å²) in [5.41, 5.74) is 0.685. The summed E-state index contributed by atoms with van der Waals surface area (Å²) in [6.07, 6.45) is 0.840. The number of aliphatic hydroxyl groups is 1. The van der Waals surface area contributed by atoms with Gasteiger partial charge in [0.15, 0.2) is 0 Å². The molecule has 4 amide bonds. The molecule has 0 saturated carbocycles. The van der Waals surface area contributed by atoms with Crippen molar-refractivity contribution < 1.29 is 19.5 Å². The maximum absolute atomic E-state index is 12.3. The largest absolute Gasteiger partial charge is 0.396 e. The highest BCUT2D eigenvalue weighted by atomic mass is 35.5. The first-order valence-electron chi connectivity index (χ1n) is 7.75. The van der Waals surface area contributed by atoms with Crippen molar-refractivity contribution in [1.29, 1.82) is 0 Å². The number of nitrogens with one attached hydrogen (secondary N) is 2. The van der Waals surface area contributed by atoms with Crippen molar-refractivity contribution in [2.45, 2.75) is 31.8 Å². The summed E-state index contributed by atoms with van der Waals surface area (Å²) < 4.78 is 0. The van der Waals surface area contributed by atoms with Crippen molar-refractivity contribution in [1.82, 2.24) is 15.5 Å². The number of carbonyl (C=O) groups is 3. The number of amides is 4. The Morgan fingerprint density at radius 1 is 1.33 bits per heavy atom. The van der Waals surface area contributed by atoms with Crippen LogP contribution in [0.3, 0.4) is 0 Å². The summed E-state index contributed by atoms with van der Waals surface area (Å²) >= 11 is 6.06. The zero-order chi connectivity index (χ0) is 17.5. The van der Waals surface area contributed by atoms with Crippen LogP contribution in [0.1, 0.15) is 24.8 Å². The van der Waals surface area contributed by atoms with Gasteiger partial charge in [-0.2, -0.15) is 0 Å². The number of urea groups is 1. The van der Waals surface area contributed by atoms with Crippen molar-refractivity contribution in [2.24, 2.45) is 0 Å². The number of benzene rings is 1. The summed E-state index contributed by atoms with van der Waals surface area (Å²) in [6.45, 7) is 0.497. The number of carbonyl (C=O) groups excluding carboxylic acids is 3. The second-order valence-corrected chi connectivity index (χ2v) is 5.89. The van der Waals surface area contributed by atoms with E-state index in [4.69, 9.17) is 16.7 Å². The van der Waals surface area contributed by atoms with E-state index in [0.29, 0.717) is 23.6 Å². The zero-order valence-corrected chi connectivity index (χ0v) is 13.9. The lowest BCUT2D eigenvalue weighted by atomic mass is 10.1. The summed E-state index contributed by atoms with van der Waals surface area (Å²) in [5, 5.41) is 14.4. The summed E-state index contributed by atoms with van der Waals surface area (Å²) in [7, 11) is 0.